The molecular formula is C11H9F3N2O3. The van der Waals surface area contributed by atoms with Crippen LogP contribution in [0.5, 0.6) is 5.75 Å². The van der Waals surface area contributed by atoms with Crippen LogP contribution in [-0.4, -0.2) is 29.7 Å². The normalized spacial score (nSPS) is 15.6. The maximum atomic E-state index is 11.9. The molecule has 1 aromatic carbocycles. The summed E-state index contributed by atoms with van der Waals surface area (Å²) < 4.78 is 39.5. The molecule has 0 spiro atoms. The highest BCUT2D eigenvalue weighted by molar-refractivity contribution is 6.01. The van der Waals surface area contributed by atoms with Crippen molar-refractivity contribution in [1.29, 1.82) is 0 Å². The number of urea groups is 1. The fraction of sp³-hybridized carbons (Fsp3) is 0.273. The van der Waals surface area contributed by atoms with Gasteiger partial charge in [0, 0.05) is 6.54 Å². The molecular weight excluding hydrogens is 265 g/mol. The van der Waals surface area contributed by atoms with Crippen LogP contribution in [0.25, 0.3) is 0 Å². The minimum absolute atomic E-state index is 0.0559. The van der Waals surface area contributed by atoms with E-state index in [1.54, 1.807) is 0 Å². The lowest BCUT2D eigenvalue weighted by Gasteiger charge is -2.13. The zero-order valence-corrected chi connectivity index (χ0v) is 9.53. The largest absolute Gasteiger partial charge is 0.573 e. The van der Waals surface area contributed by atoms with Crippen molar-refractivity contribution >= 4 is 11.9 Å². The molecule has 0 radical (unpaired) electrons. The number of ether oxygens (including phenoxy) is 1. The van der Waals surface area contributed by atoms with Gasteiger partial charge in [-0.3, -0.25) is 10.1 Å². The summed E-state index contributed by atoms with van der Waals surface area (Å²) in [4.78, 5) is 23.5. The Bertz CT molecular complexity index is 499. The summed E-state index contributed by atoms with van der Waals surface area (Å²) in [6, 6.07) is 4.59. The predicted molar refractivity (Wildman–Crippen MR) is 57.1 cm³/mol. The number of carbonyl (C=O) groups excluding carboxylic acids is 2. The van der Waals surface area contributed by atoms with Gasteiger partial charge in [-0.1, -0.05) is 12.1 Å². The summed E-state index contributed by atoms with van der Waals surface area (Å²) in [6.07, 6.45) is -4.73. The first-order valence-corrected chi connectivity index (χ1v) is 5.27. The van der Waals surface area contributed by atoms with E-state index in [1.165, 1.54) is 17.0 Å². The molecule has 1 aliphatic heterocycles. The summed E-state index contributed by atoms with van der Waals surface area (Å²) in [5, 5.41) is 2.10. The second kappa shape index (κ2) is 4.79. The Kier molecular flexibility index (Phi) is 3.32. The van der Waals surface area contributed by atoms with Crippen molar-refractivity contribution < 1.29 is 27.5 Å². The zero-order valence-electron chi connectivity index (χ0n) is 9.53. The molecule has 1 N–H and O–H groups in total. The molecule has 102 valence electrons. The molecule has 0 unspecified atom stereocenters. The molecule has 8 heteroatoms. The first kappa shape index (κ1) is 13.2. The highest BCUT2D eigenvalue weighted by Gasteiger charge is 2.31. The van der Waals surface area contributed by atoms with Crippen LogP contribution in [0, 0.1) is 0 Å². The summed E-state index contributed by atoms with van der Waals surface area (Å²) in [5.41, 5.74) is 0.597. The molecule has 0 bridgehead atoms. The molecule has 0 atom stereocenters. The van der Waals surface area contributed by atoms with Crippen LogP contribution in [-0.2, 0) is 11.3 Å². The van der Waals surface area contributed by atoms with E-state index in [2.05, 4.69) is 10.1 Å². The fourth-order valence-electron chi connectivity index (χ4n) is 1.63. The molecule has 1 heterocycles. The SMILES string of the molecule is O=C1CN(Cc2ccc(OC(F)(F)F)cc2)C(=O)N1. The van der Waals surface area contributed by atoms with Crippen molar-refractivity contribution in [3.63, 3.8) is 0 Å². The lowest BCUT2D eigenvalue weighted by atomic mass is 10.2. The van der Waals surface area contributed by atoms with Crippen LogP contribution in [0.2, 0.25) is 0 Å². The van der Waals surface area contributed by atoms with Crippen molar-refractivity contribution in [3.05, 3.63) is 29.8 Å². The molecule has 0 aliphatic carbocycles. The van der Waals surface area contributed by atoms with E-state index in [0.717, 1.165) is 12.1 Å². The number of amides is 3. The van der Waals surface area contributed by atoms with Gasteiger partial charge in [0.05, 0.1) is 0 Å². The minimum Gasteiger partial charge on any atom is -0.406 e. The molecule has 0 saturated carbocycles. The molecule has 19 heavy (non-hydrogen) atoms. The van der Waals surface area contributed by atoms with E-state index < -0.39 is 18.3 Å². The average Bonchev–Trinajstić information content (AvgIpc) is 2.58. The van der Waals surface area contributed by atoms with Gasteiger partial charge < -0.3 is 9.64 Å². The van der Waals surface area contributed by atoms with Crippen LogP contribution < -0.4 is 10.1 Å². The van der Waals surface area contributed by atoms with Crippen LogP contribution in [0.4, 0.5) is 18.0 Å². The second-order valence-corrected chi connectivity index (χ2v) is 3.90. The summed E-state index contributed by atoms with van der Waals surface area (Å²) in [5.74, 6) is -0.736. The number of carbonyl (C=O) groups is 2. The standard InChI is InChI=1S/C11H9F3N2O3/c12-11(13,14)19-8-3-1-7(2-4-8)5-16-6-9(17)15-10(16)18/h1-4H,5-6H2,(H,15,17,18). The van der Waals surface area contributed by atoms with Crippen LogP contribution in [0.3, 0.4) is 0 Å². The number of rotatable bonds is 3. The first-order valence-electron chi connectivity index (χ1n) is 5.27. The number of hydrogen-bond acceptors (Lipinski definition) is 3. The third-order valence-corrected chi connectivity index (χ3v) is 2.40. The van der Waals surface area contributed by atoms with Gasteiger partial charge in [0.15, 0.2) is 0 Å². The number of benzene rings is 1. The smallest absolute Gasteiger partial charge is 0.406 e. The predicted octanol–water partition coefficient (Wildman–Crippen LogP) is 1.64. The van der Waals surface area contributed by atoms with Crippen molar-refractivity contribution in [1.82, 2.24) is 10.2 Å². The first-order chi connectivity index (χ1) is 8.83. The Labute approximate surface area is 105 Å². The van der Waals surface area contributed by atoms with Gasteiger partial charge in [-0.15, -0.1) is 13.2 Å². The average molecular weight is 274 g/mol. The van der Waals surface area contributed by atoms with Crippen LogP contribution in [0.1, 0.15) is 5.56 Å². The highest BCUT2D eigenvalue weighted by atomic mass is 19.4. The second-order valence-electron chi connectivity index (χ2n) is 3.90. The summed E-state index contributed by atoms with van der Waals surface area (Å²) in [6.45, 7) is 0.0868. The van der Waals surface area contributed by atoms with Gasteiger partial charge in [0.1, 0.15) is 12.3 Å². The molecule has 1 aliphatic rings. The molecule has 3 amide bonds. The van der Waals surface area contributed by atoms with Gasteiger partial charge in [-0.05, 0) is 17.7 Å². The van der Waals surface area contributed by atoms with Gasteiger partial charge in [-0.25, -0.2) is 4.79 Å². The molecule has 1 aromatic rings. The van der Waals surface area contributed by atoms with Crippen LogP contribution in [0.15, 0.2) is 24.3 Å². The fourth-order valence-corrected chi connectivity index (χ4v) is 1.63. The maximum absolute atomic E-state index is 11.9. The monoisotopic (exact) mass is 274 g/mol. The third kappa shape index (κ3) is 3.60. The number of imide groups is 1. The zero-order chi connectivity index (χ0) is 14.0. The maximum Gasteiger partial charge on any atom is 0.573 e. The van der Waals surface area contributed by atoms with Gasteiger partial charge >= 0.3 is 12.4 Å². The van der Waals surface area contributed by atoms with E-state index >= 15 is 0 Å². The van der Waals surface area contributed by atoms with Crippen LogP contribution >= 0.6 is 0 Å². The van der Waals surface area contributed by atoms with Crippen molar-refractivity contribution in [3.8, 4) is 5.75 Å². The highest BCUT2D eigenvalue weighted by Crippen LogP contribution is 2.23. The van der Waals surface area contributed by atoms with Gasteiger partial charge in [0.2, 0.25) is 5.91 Å². The van der Waals surface area contributed by atoms with E-state index in [4.69, 9.17) is 0 Å². The summed E-state index contributed by atoms with van der Waals surface area (Å²) in [7, 11) is 0. The number of alkyl halides is 3. The molecule has 5 nitrogen and oxygen atoms in total. The number of nitrogens with zero attached hydrogens (tertiary/aromatic N) is 1. The molecule has 1 fully saturated rings. The van der Waals surface area contributed by atoms with E-state index in [9.17, 15) is 22.8 Å². The Morgan fingerprint density at radius 2 is 1.84 bits per heavy atom. The Morgan fingerprint density at radius 1 is 1.21 bits per heavy atom. The molecule has 1 saturated heterocycles. The Balaban J connectivity index is 1.99. The van der Waals surface area contributed by atoms with Gasteiger partial charge in [-0.2, -0.15) is 0 Å². The van der Waals surface area contributed by atoms with Crippen molar-refractivity contribution in [2.24, 2.45) is 0 Å². The van der Waals surface area contributed by atoms with E-state index in [1.807, 2.05) is 0 Å². The quantitative estimate of drug-likeness (QED) is 0.852. The molecule has 0 aromatic heterocycles. The van der Waals surface area contributed by atoms with E-state index in [-0.39, 0.29) is 18.8 Å². The third-order valence-electron chi connectivity index (χ3n) is 2.40. The minimum atomic E-state index is -4.73. The topological polar surface area (TPSA) is 58.6 Å². The lowest BCUT2D eigenvalue weighted by molar-refractivity contribution is -0.274. The van der Waals surface area contributed by atoms with Crippen molar-refractivity contribution in [2.75, 3.05) is 6.54 Å². The Morgan fingerprint density at radius 3 is 2.32 bits per heavy atom. The summed E-state index contributed by atoms with van der Waals surface area (Å²) >= 11 is 0. The number of hydrogen-bond donors (Lipinski definition) is 1. The lowest BCUT2D eigenvalue weighted by Crippen LogP contribution is -2.27. The van der Waals surface area contributed by atoms with Crippen molar-refractivity contribution in [2.45, 2.75) is 12.9 Å². The number of halogens is 3. The van der Waals surface area contributed by atoms with Gasteiger partial charge in [0.25, 0.3) is 0 Å². The Hall–Kier alpha value is -2.25. The molecule has 2 rings (SSSR count). The number of nitrogens with one attached hydrogen (secondary N) is 1. The van der Waals surface area contributed by atoms with E-state index in [0.29, 0.717) is 5.56 Å².